The summed E-state index contributed by atoms with van der Waals surface area (Å²) in [5.41, 5.74) is 2.91. The molecule has 0 spiro atoms. The predicted molar refractivity (Wildman–Crippen MR) is 119 cm³/mol. The topological polar surface area (TPSA) is 60.0 Å². The molecular formula is C23H25N5OS. The number of hydrogen-bond donors (Lipinski definition) is 0. The minimum absolute atomic E-state index is 0.802. The van der Waals surface area contributed by atoms with Gasteiger partial charge in [-0.1, -0.05) is 42.1 Å². The maximum Gasteiger partial charge on any atom is 0.195 e. The van der Waals surface area contributed by atoms with Gasteiger partial charge >= 0.3 is 0 Å². The second kappa shape index (κ2) is 9.02. The monoisotopic (exact) mass is 419 g/mol. The van der Waals surface area contributed by atoms with Crippen LogP contribution in [0.2, 0.25) is 0 Å². The fraction of sp³-hybridized carbons (Fsp3) is 0.348. The standard InChI is InChI=1S/C23H25N5OS/c1-2-9-18(10-3-1)28-21(17-27-14-6-7-15-27)25-26-23(28)30-16-8-13-22-24-19-11-4-5-12-20(19)29-22/h1-5,9-12H,6-8,13-17H2. The molecule has 0 amide bonds. The molecule has 6 nitrogen and oxygen atoms in total. The number of para-hydroxylation sites is 3. The van der Waals surface area contributed by atoms with Gasteiger partial charge in [-0.2, -0.15) is 0 Å². The Morgan fingerprint density at radius 1 is 0.933 bits per heavy atom. The summed E-state index contributed by atoms with van der Waals surface area (Å²) in [5.74, 6) is 2.76. The predicted octanol–water partition coefficient (Wildman–Crippen LogP) is 4.73. The van der Waals surface area contributed by atoms with Crippen LogP contribution < -0.4 is 0 Å². The Morgan fingerprint density at radius 3 is 2.57 bits per heavy atom. The van der Waals surface area contributed by atoms with Gasteiger partial charge in [0.2, 0.25) is 0 Å². The van der Waals surface area contributed by atoms with Crippen LogP contribution in [0.15, 0.2) is 64.2 Å². The number of aromatic nitrogens is 4. The number of rotatable bonds is 8. The second-order valence-corrected chi connectivity index (χ2v) is 8.64. The minimum atomic E-state index is 0.802. The van der Waals surface area contributed by atoms with Crippen LogP contribution in [0.1, 0.15) is 31.0 Å². The van der Waals surface area contributed by atoms with Gasteiger partial charge in [-0.15, -0.1) is 10.2 Å². The van der Waals surface area contributed by atoms with Crippen molar-refractivity contribution in [2.45, 2.75) is 37.4 Å². The highest BCUT2D eigenvalue weighted by atomic mass is 32.2. The molecule has 0 N–H and O–H groups in total. The molecule has 1 aliphatic heterocycles. The summed E-state index contributed by atoms with van der Waals surface area (Å²) in [6, 6.07) is 18.3. The van der Waals surface area contributed by atoms with Crippen LogP contribution in [0.3, 0.4) is 0 Å². The van der Waals surface area contributed by atoms with Gasteiger partial charge in [-0.05, 0) is 56.6 Å². The van der Waals surface area contributed by atoms with E-state index in [1.807, 2.05) is 30.3 Å². The third-order valence-electron chi connectivity index (χ3n) is 5.38. The van der Waals surface area contributed by atoms with Crippen molar-refractivity contribution in [1.29, 1.82) is 0 Å². The van der Waals surface area contributed by atoms with Gasteiger partial charge in [0, 0.05) is 17.9 Å². The van der Waals surface area contributed by atoms with Gasteiger partial charge in [-0.25, -0.2) is 4.98 Å². The maximum absolute atomic E-state index is 5.83. The third-order valence-corrected chi connectivity index (χ3v) is 6.40. The highest BCUT2D eigenvalue weighted by Gasteiger charge is 2.19. The van der Waals surface area contributed by atoms with Crippen molar-refractivity contribution < 1.29 is 4.42 Å². The van der Waals surface area contributed by atoms with Crippen LogP contribution in [0.25, 0.3) is 16.8 Å². The zero-order chi connectivity index (χ0) is 20.2. The van der Waals surface area contributed by atoms with E-state index in [-0.39, 0.29) is 0 Å². The summed E-state index contributed by atoms with van der Waals surface area (Å²) < 4.78 is 8.04. The number of aryl methyl sites for hydroxylation is 1. The summed E-state index contributed by atoms with van der Waals surface area (Å²) >= 11 is 1.75. The first-order valence-corrected chi connectivity index (χ1v) is 11.5. The van der Waals surface area contributed by atoms with Crippen LogP contribution in [0.5, 0.6) is 0 Å². The Bertz CT molecular complexity index is 1070. The van der Waals surface area contributed by atoms with Crippen molar-refractivity contribution in [2.75, 3.05) is 18.8 Å². The first-order chi connectivity index (χ1) is 14.9. The van der Waals surface area contributed by atoms with Crippen LogP contribution in [0.4, 0.5) is 0 Å². The van der Waals surface area contributed by atoms with E-state index in [1.165, 1.54) is 12.8 Å². The van der Waals surface area contributed by atoms with Gasteiger partial charge in [0.15, 0.2) is 22.5 Å². The highest BCUT2D eigenvalue weighted by Crippen LogP contribution is 2.25. The van der Waals surface area contributed by atoms with Gasteiger partial charge < -0.3 is 4.42 Å². The van der Waals surface area contributed by atoms with Gasteiger partial charge in [-0.3, -0.25) is 9.47 Å². The zero-order valence-corrected chi connectivity index (χ0v) is 17.7. The van der Waals surface area contributed by atoms with E-state index < -0.39 is 0 Å². The summed E-state index contributed by atoms with van der Waals surface area (Å²) in [7, 11) is 0. The van der Waals surface area contributed by atoms with E-state index in [9.17, 15) is 0 Å². The molecule has 5 rings (SSSR count). The van der Waals surface area contributed by atoms with Gasteiger partial charge in [0.05, 0.1) is 6.54 Å². The first kappa shape index (κ1) is 19.3. The Labute approximate surface area is 180 Å². The molecule has 1 fully saturated rings. The lowest BCUT2D eigenvalue weighted by Gasteiger charge is -2.15. The zero-order valence-electron chi connectivity index (χ0n) is 16.9. The number of fused-ring (bicyclic) bond motifs is 1. The molecule has 3 heterocycles. The van der Waals surface area contributed by atoms with Crippen LogP contribution in [-0.4, -0.2) is 43.5 Å². The average molecular weight is 420 g/mol. The van der Waals surface area contributed by atoms with Crippen molar-refractivity contribution >= 4 is 22.9 Å². The SMILES string of the molecule is c1ccc(-n2c(CN3CCCC3)nnc2SCCCc2nc3ccccc3o2)cc1. The average Bonchev–Trinajstić information content (AvgIpc) is 3.52. The van der Waals surface area contributed by atoms with Crippen LogP contribution >= 0.6 is 11.8 Å². The van der Waals surface area contributed by atoms with Crippen molar-refractivity contribution in [3.8, 4) is 5.69 Å². The third kappa shape index (κ3) is 4.27. The van der Waals surface area contributed by atoms with E-state index in [2.05, 4.69) is 48.9 Å². The molecule has 2 aromatic heterocycles. The molecule has 30 heavy (non-hydrogen) atoms. The molecule has 0 unspecified atom stereocenters. The summed E-state index contributed by atoms with van der Waals surface area (Å²) in [5, 5.41) is 10.0. The molecule has 4 aromatic rings. The Balaban J connectivity index is 1.27. The molecule has 1 saturated heterocycles. The van der Waals surface area contributed by atoms with Crippen molar-refractivity contribution in [1.82, 2.24) is 24.6 Å². The fourth-order valence-corrected chi connectivity index (χ4v) is 4.80. The van der Waals surface area contributed by atoms with E-state index >= 15 is 0 Å². The summed E-state index contributed by atoms with van der Waals surface area (Å²) in [4.78, 5) is 7.03. The van der Waals surface area contributed by atoms with Crippen molar-refractivity contribution in [3.05, 3.63) is 66.3 Å². The Kier molecular flexibility index (Phi) is 5.81. The quantitative estimate of drug-likeness (QED) is 0.304. The Morgan fingerprint density at radius 2 is 1.73 bits per heavy atom. The maximum atomic E-state index is 5.83. The number of likely N-dealkylation sites (tertiary alicyclic amines) is 1. The summed E-state index contributed by atoms with van der Waals surface area (Å²) in [6.07, 6.45) is 4.34. The van der Waals surface area contributed by atoms with Crippen molar-refractivity contribution in [3.63, 3.8) is 0 Å². The highest BCUT2D eigenvalue weighted by molar-refractivity contribution is 7.99. The van der Waals surface area contributed by atoms with E-state index in [4.69, 9.17) is 4.42 Å². The molecule has 2 aromatic carbocycles. The first-order valence-electron chi connectivity index (χ1n) is 10.6. The van der Waals surface area contributed by atoms with E-state index in [1.54, 1.807) is 11.8 Å². The van der Waals surface area contributed by atoms with E-state index in [0.29, 0.717) is 0 Å². The molecule has 154 valence electrons. The lowest BCUT2D eigenvalue weighted by atomic mass is 10.3. The van der Waals surface area contributed by atoms with Crippen LogP contribution in [-0.2, 0) is 13.0 Å². The molecule has 7 heteroatoms. The molecule has 0 bridgehead atoms. The lowest BCUT2D eigenvalue weighted by Crippen LogP contribution is -2.21. The lowest BCUT2D eigenvalue weighted by molar-refractivity contribution is 0.319. The molecule has 0 radical (unpaired) electrons. The molecule has 0 aliphatic carbocycles. The minimum Gasteiger partial charge on any atom is -0.441 e. The number of thioether (sulfide) groups is 1. The molecular weight excluding hydrogens is 394 g/mol. The molecule has 1 aliphatic rings. The Hall–Kier alpha value is -2.64. The number of oxazole rings is 1. The van der Waals surface area contributed by atoms with Crippen LogP contribution in [0, 0.1) is 0 Å². The fourth-order valence-electron chi connectivity index (χ4n) is 3.89. The number of benzene rings is 2. The molecule has 0 saturated carbocycles. The van der Waals surface area contributed by atoms with E-state index in [0.717, 1.165) is 71.9 Å². The van der Waals surface area contributed by atoms with Crippen molar-refractivity contribution in [2.24, 2.45) is 0 Å². The number of nitrogens with zero attached hydrogens (tertiary/aromatic N) is 5. The largest absolute Gasteiger partial charge is 0.441 e. The summed E-state index contributed by atoms with van der Waals surface area (Å²) in [6.45, 7) is 3.15. The second-order valence-electron chi connectivity index (χ2n) is 7.58. The molecule has 0 atom stereocenters. The number of hydrogen-bond acceptors (Lipinski definition) is 6. The van der Waals surface area contributed by atoms with Gasteiger partial charge in [0.1, 0.15) is 5.52 Å². The normalized spacial score (nSPS) is 14.7. The smallest absolute Gasteiger partial charge is 0.195 e. The van der Waals surface area contributed by atoms with Gasteiger partial charge in [0.25, 0.3) is 0 Å².